The number of benzene rings is 1. The second-order valence-electron chi connectivity index (χ2n) is 6.47. The zero-order chi connectivity index (χ0) is 15.8. The van der Waals surface area contributed by atoms with Gasteiger partial charge in [-0.2, -0.15) is 0 Å². The molecule has 0 aliphatic carbocycles. The number of quaternary nitrogens is 1. The van der Waals surface area contributed by atoms with Gasteiger partial charge in [0.2, 0.25) is 0 Å². The standard InChI is InChI=1S/C18H29N3S/c1-3-16-5-7-17(8-6-16)20-18(22)19-11-4-12-21-13-9-15(2)10-14-21/h5-8,15H,3-4,9-14H2,1-2H3,(H2,19,20,22)/p+1. The normalized spacial score (nSPS) is 21.4. The number of anilines is 1. The summed E-state index contributed by atoms with van der Waals surface area (Å²) in [6.45, 7) is 9.43. The quantitative estimate of drug-likeness (QED) is 0.554. The predicted octanol–water partition coefficient (Wildman–Crippen LogP) is 2.24. The summed E-state index contributed by atoms with van der Waals surface area (Å²) in [6, 6.07) is 8.47. The Morgan fingerprint density at radius 2 is 1.91 bits per heavy atom. The lowest BCUT2D eigenvalue weighted by atomic mass is 9.99. The highest BCUT2D eigenvalue weighted by Crippen LogP contribution is 2.09. The van der Waals surface area contributed by atoms with Crippen molar-refractivity contribution in [2.45, 2.75) is 39.5 Å². The van der Waals surface area contributed by atoms with Crippen LogP contribution >= 0.6 is 12.2 Å². The van der Waals surface area contributed by atoms with Crippen LogP contribution in [-0.2, 0) is 6.42 Å². The number of piperidine rings is 1. The van der Waals surface area contributed by atoms with Crippen molar-refractivity contribution in [3.05, 3.63) is 29.8 Å². The van der Waals surface area contributed by atoms with Gasteiger partial charge in [-0.3, -0.25) is 0 Å². The molecule has 1 fully saturated rings. The van der Waals surface area contributed by atoms with Crippen LogP contribution in [0.4, 0.5) is 5.69 Å². The first-order chi connectivity index (χ1) is 10.7. The van der Waals surface area contributed by atoms with Gasteiger partial charge in [0.15, 0.2) is 5.11 Å². The Morgan fingerprint density at radius 1 is 1.23 bits per heavy atom. The second kappa shape index (κ2) is 9.11. The van der Waals surface area contributed by atoms with Gasteiger partial charge in [-0.25, -0.2) is 0 Å². The van der Waals surface area contributed by atoms with Crippen LogP contribution in [-0.4, -0.2) is 31.3 Å². The van der Waals surface area contributed by atoms with E-state index in [1.165, 1.54) is 44.5 Å². The van der Waals surface area contributed by atoms with Gasteiger partial charge < -0.3 is 15.5 Å². The average molecular weight is 321 g/mol. The highest BCUT2D eigenvalue weighted by atomic mass is 32.1. The summed E-state index contributed by atoms with van der Waals surface area (Å²) in [4.78, 5) is 1.76. The molecule has 2 rings (SSSR count). The first kappa shape index (κ1) is 17.2. The van der Waals surface area contributed by atoms with Gasteiger partial charge >= 0.3 is 0 Å². The van der Waals surface area contributed by atoms with E-state index < -0.39 is 0 Å². The van der Waals surface area contributed by atoms with Crippen molar-refractivity contribution < 1.29 is 4.90 Å². The number of thiocarbonyl (C=S) groups is 1. The van der Waals surface area contributed by atoms with E-state index in [4.69, 9.17) is 12.2 Å². The van der Waals surface area contributed by atoms with Crippen molar-refractivity contribution in [2.75, 3.05) is 31.5 Å². The molecule has 4 heteroatoms. The van der Waals surface area contributed by atoms with Crippen molar-refractivity contribution in [1.29, 1.82) is 0 Å². The number of aryl methyl sites for hydroxylation is 1. The molecule has 1 aliphatic rings. The summed E-state index contributed by atoms with van der Waals surface area (Å²) in [6.07, 6.45) is 5.02. The number of likely N-dealkylation sites (tertiary alicyclic amines) is 1. The summed E-state index contributed by atoms with van der Waals surface area (Å²) in [5, 5.41) is 7.29. The Balaban J connectivity index is 1.59. The molecular formula is C18H30N3S+. The van der Waals surface area contributed by atoms with E-state index >= 15 is 0 Å². The molecule has 0 atom stereocenters. The minimum atomic E-state index is 0.728. The Labute approximate surface area is 140 Å². The molecule has 1 aromatic rings. The Bertz CT molecular complexity index is 450. The molecule has 0 spiro atoms. The molecule has 3 nitrogen and oxygen atoms in total. The predicted molar refractivity (Wildman–Crippen MR) is 98.6 cm³/mol. The van der Waals surface area contributed by atoms with Gasteiger partial charge in [-0.05, 0) is 55.1 Å². The molecule has 1 aromatic carbocycles. The molecule has 0 aromatic heterocycles. The number of nitrogens with one attached hydrogen (secondary N) is 3. The topological polar surface area (TPSA) is 28.5 Å². The van der Waals surface area contributed by atoms with E-state index in [2.05, 4.69) is 48.7 Å². The highest BCUT2D eigenvalue weighted by Gasteiger charge is 2.17. The minimum absolute atomic E-state index is 0.728. The number of hydrogen-bond donors (Lipinski definition) is 3. The smallest absolute Gasteiger partial charge is 0.170 e. The maximum absolute atomic E-state index is 5.35. The van der Waals surface area contributed by atoms with Crippen LogP contribution < -0.4 is 15.5 Å². The summed E-state index contributed by atoms with van der Waals surface area (Å²) in [7, 11) is 0. The van der Waals surface area contributed by atoms with E-state index in [1.807, 2.05) is 0 Å². The van der Waals surface area contributed by atoms with E-state index in [-0.39, 0.29) is 0 Å². The van der Waals surface area contributed by atoms with Crippen LogP contribution in [0.1, 0.15) is 38.7 Å². The van der Waals surface area contributed by atoms with Crippen LogP contribution in [0.15, 0.2) is 24.3 Å². The van der Waals surface area contributed by atoms with Gasteiger partial charge in [-0.1, -0.05) is 26.0 Å². The third-order valence-corrected chi connectivity index (χ3v) is 4.84. The Morgan fingerprint density at radius 3 is 2.55 bits per heavy atom. The van der Waals surface area contributed by atoms with Crippen LogP contribution in [0.25, 0.3) is 0 Å². The monoisotopic (exact) mass is 320 g/mol. The van der Waals surface area contributed by atoms with Crippen molar-refractivity contribution >= 4 is 23.0 Å². The van der Waals surface area contributed by atoms with Crippen molar-refractivity contribution in [2.24, 2.45) is 5.92 Å². The van der Waals surface area contributed by atoms with Crippen molar-refractivity contribution in [1.82, 2.24) is 5.32 Å². The van der Waals surface area contributed by atoms with E-state index in [0.717, 1.165) is 29.7 Å². The van der Waals surface area contributed by atoms with Gasteiger partial charge in [0, 0.05) is 18.7 Å². The first-order valence-electron chi connectivity index (χ1n) is 8.64. The second-order valence-corrected chi connectivity index (χ2v) is 6.88. The van der Waals surface area contributed by atoms with Crippen molar-refractivity contribution in [3.8, 4) is 0 Å². The van der Waals surface area contributed by atoms with Gasteiger partial charge in [0.05, 0.1) is 19.6 Å². The van der Waals surface area contributed by atoms with Crippen LogP contribution in [0.2, 0.25) is 0 Å². The number of hydrogen-bond acceptors (Lipinski definition) is 1. The fourth-order valence-electron chi connectivity index (χ4n) is 2.96. The van der Waals surface area contributed by atoms with Crippen LogP contribution in [0, 0.1) is 5.92 Å². The molecule has 22 heavy (non-hydrogen) atoms. The lowest BCUT2D eigenvalue weighted by Crippen LogP contribution is -3.13. The zero-order valence-corrected chi connectivity index (χ0v) is 14.8. The summed E-state index contributed by atoms with van der Waals surface area (Å²) >= 11 is 5.35. The maximum Gasteiger partial charge on any atom is 0.170 e. The third kappa shape index (κ3) is 5.93. The Hall–Kier alpha value is -1.13. The highest BCUT2D eigenvalue weighted by molar-refractivity contribution is 7.80. The molecule has 0 radical (unpaired) electrons. The molecule has 1 aliphatic heterocycles. The molecule has 0 amide bonds. The SMILES string of the molecule is CCc1ccc(NC(=S)NCCC[NH+]2CCC(C)CC2)cc1. The van der Waals surface area contributed by atoms with Gasteiger partial charge in [0.1, 0.15) is 0 Å². The van der Waals surface area contributed by atoms with Crippen LogP contribution in [0.3, 0.4) is 0 Å². The summed E-state index contributed by atoms with van der Waals surface area (Å²) in [5.74, 6) is 0.928. The lowest BCUT2D eigenvalue weighted by Gasteiger charge is -2.27. The molecule has 0 saturated carbocycles. The van der Waals surface area contributed by atoms with E-state index in [0.29, 0.717) is 0 Å². The summed E-state index contributed by atoms with van der Waals surface area (Å²) < 4.78 is 0. The zero-order valence-electron chi connectivity index (χ0n) is 14.0. The number of rotatable bonds is 6. The first-order valence-corrected chi connectivity index (χ1v) is 9.05. The van der Waals surface area contributed by atoms with Crippen molar-refractivity contribution in [3.63, 3.8) is 0 Å². The van der Waals surface area contributed by atoms with E-state index in [9.17, 15) is 0 Å². The van der Waals surface area contributed by atoms with Gasteiger partial charge in [0.25, 0.3) is 0 Å². The molecule has 0 unspecified atom stereocenters. The summed E-state index contributed by atoms with van der Waals surface area (Å²) in [5.41, 5.74) is 2.41. The molecule has 122 valence electrons. The fraction of sp³-hybridized carbons (Fsp3) is 0.611. The molecular weight excluding hydrogens is 290 g/mol. The average Bonchev–Trinajstić information content (AvgIpc) is 2.54. The lowest BCUT2D eigenvalue weighted by molar-refractivity contribution is -0.906. The Kier molecular flexibility index (Phi) is 7.13. The van der Waals surface area contributed by atoms with E-state index in [1.54, 1.807) is 4.90 Å². The maximum atomic E-state index is 5.35. The third-order valence-electron chi connectivity index (χ3n) is 4.59. The molecule has 0 bridgehead atoms. The van der Waals surface area contributed by atoms with Gasteiger partial charge in [-0.15, -0.1) is 0 Å². The molecule has 1 saturated heterocycles. The largest absolute Gasteiger partial charge is 0.362 e. The minimum Gasteiger partial charge on any atom is -0.362 e. The van der Waals surface area contributed by atoms with Crippen LogP contribution in [0.5, 0.6) is 0 Å². The molecule has 1 heterocycles. The molecule has 3 N–H and O–H groups in total. The fourth-order valence-corrected chi connectivity index (χ4v) is 3.18.